The summed E-state index contributed by atoms with van der Waals surface area (Å²) < 4.78 is 7.27. The summed E-state index contributed by atoms with van der Waals surface area (Å²) in [6, 6.07) is 16.2. The number of ether oxygens (including phenoxy) is 1. The van der Waals surface area contributed by atoms with Crippen LogP contribution in [-0.2, 0) is 0 Å². The number of hydrogen-bond donors (Lipinski definition) is 1. The number of nitrogens with one attached hydrogen (secondary N) is 1. The summed E-state index contributed by atoms with van der Waals surface area (Å²) in [6.45, 7) is 0. The van der Waals surface area contributed by atoms with Crippen LogP contribution in [0.15, 0.2) is 54.9 Å². The van der Waals surface area contributed by atoms with Crippen LogP contribution in [0.5, 0.6) is 5.75 Å². The minimum atomic E-state index is 0.0821. The van der Waals surface area contributed by atoms with Crippen LogP contribution in [0, 0.1) is 0 Å². The smallest absolute Gasteiger partial charge is 0.222 e. The first kappa shape index (κ1) is 15.0. The van der Waals surface area contributed by atoms with E-state index in [1.807, 2.05) is 35.0 Å². The molecule has 2 aromatic carbocycles. The summed E-state index contributed by atoms with van der Waals surface area (Å²) >= 11 is 6.18. The third-order valence-electron chi connectivity index (χ3n) is 4.36. The Kier molecular flexibility index (Phi) is 3.86. The highest BCUT2D eigenvalue weighted by molar-refractivity contribution is 6.30. The molecule has 0 spiro atoms. The Labute approximate surface area is 145 Å². The van der Waals surface area contributed by atoms with E-state index in [0.29, 0.717) is 0 Å². The molecule has 0 bridgehead atoms. The van der Waals surface area contributed by atoms with E-state index < -0.39 is 0 Å². The number of methoxy groups -OCH3 is 1. The Morgan fingerprint density at radius 2 is 2.00 bits per heavy atom. The fourth-order valence-electron chi connectivity index (χ4n) is 3.19. The fourth-order valence-corrected chi connectivity index (χ4v) is 3.39. The van der Waals surface area contributed by atoms with E-state index in [1.165, 1.54) is 0 Å². The van der Waals surface area contributed by atoms with Gasteiger partial charge in [-0.15, -0.1) is 0 Å². The lowest BCUT2D eigenvalue weighted by molar-refractivity contribution is 0.410. The molecular weight excluding hydrogens is 324 g/mol. The summed E-state index contributed by atoms with van der Waals surface area (Å²) in [5, 5.41) is 8.57. The van der Waals surface area contributed by atoms with Gasteiger partial charge in [-0.2, -0.15) is 10.1 Å². The van der Waals surface area contributed by atoms with Crippen LogP contribution in [0.25, 0.3) is 0 Å². The normalized spacial score (nSPS) is 19.4. The summed E-state index contributed by atoms with van der Waals surface area (Å²) in [5.41, 5.74) is 2.29. The van der Waals surface area contributed by atoms with Gasteiger partial charge in [0.1, 0.15) is 12.1 Å². The number of fused-ring (bicyclic) bond motifs is 1. The largest absolute Gasteiger partial charge is 0.497 e. The highest BCUT2D eigenvalue weighted by Gasteiger charge is 2.30. The number of nitrogens with zero attached hydrogens (tertiary/aromatic N) is 3. The third-order valence-corrected chi connectivity index (χ3v) is 4.60. The monoisotopic (exact) mass is 340 g/mol. The zero-order valence-electron chi connectivity index (χ0n) is 13.2. The average molecular weight is 341 g/mol. The molecule has 0 saturated carbocycles. The van der Waals surface area contributed by atoms with E-state index in [-0.39, 0.29) is 12.1 Å². The lowest BCUT2D eigenvalue weighted by Gasteiger charge is -2.32. The third kappa shape index (κ3) is 2.71. The minimum Gasteiger partial charge on any atom is -0.497 e. The minimum absolute atomic E-state index is 0.0821. The first-order valence-corrected chi connectivity index (χ1v) is 8.18. The molecule has 0 unspecified atom stereocenters. The van der Waals surface area contributed by atoms with Crippen molar-refractivity contribution in [1.29, 1.82) is 0 Å². The first-order valence-electron chi connectivity index (χ1n) is 7.80. The van der Waals surface area contributed by atoms with Crippen molar-refractivity contribution in [2.24, 2.45) is 0 Å². The molecule has 0 amide bonds. The Morgan fingerprint density at radius 1 is 1.17 bits per heavy atom. The van der Waals surface area contributed by atoms with E-state index in [1.54, 1.807) is 13.4 Å². The second-order valence-corrected chi connectivity index (χ2v) is 6.24. The second-order valence-electron chi connectivity index (χ2n) is 5.81. The number of anilines is 1. The highest BCUT2D eigenvalue weighted by atomic mass is 35.5. The summed E-state index contributed by atoms with van der Waals surface area (Å²) in [4.78, 5) is 4.35. The molecule has 5 nitrogen and oxygen atoms in total. The van der Waals surface area contributed by atoms with Crippen molar-refractivity contribution in [3.8, 4) is 5.75 Å². The van der Waals surface area contributed by atoms with Crippen LogP contribution in [0.3, 0.4) is 0 Å². The van der Waals surface area contributed by atoms with Gasteiger partial charge in [-0.25, -0.2) is 4.68 Å². The molecule has 24 heavy (non-hydrogen) atoms. The van der Waals surface area contributed by atoms with Crippen LogP contribution in [0.4, 0.5) is 5.95 Å². The molecule has 2 heterocycles. The molecule has 2 atom stereocenters. The van der Waals surface area contributed by atoms with Crippen LogP contribution in [-0.4, -0.2) is 21.9 Å². The zero-order chi connectivity index (χ0) is 16.5. The van der Waals surface area contributed by atoms with Gasteiger partial charge in [0.15, 0.2) is 0 Å². The van der Waals surface area contributed by atoms with Gasteiger partial charge in [0.2, 0.25) is 5.95 Å². The standard InChI is InChI=1S/C18H17ClN4O/c1-24-15-7-3-4-12(9-15)16-10-17(13-5-2-6-14(19)8-13)23-18(22-16)20-11-21-23/h2-9,11,16-17H,10H2,1H3,(H,20,21,22)/t16-,17+/m1/s1. The molecule has 0 saturated heterocycles. The predicted molar refractivity (Wildman–Crippen MR) is 93.6 cm³/mol. The number of halogens is 1. The molecule has 4 rings (SSSR count). The highest BCUT2D eigenvalue weighted by Crippen LogP contribution is 2.38. The van der Waals surface area contributed by atoms with Gasteiger partial charge >= 0.3 is 0 Å². The van der Waals surface area contributed by atoms with Crippen molar-refractivity contribution in [2.45, 2.75) is 18.5 Å². The molecule has 1 aromatic heterocycles. The van der Waals surface area contributed by atoms with Crippen LogP contribution in [0.2, 0.25) is 5.02 Å². The van der Waals surface area contributed by atoms with E-state index in [0.717, 1.165) is 34.3 Å². The van der Waals surface area contributed by atoms with Gasteiger partial charge in [-0.3, -0.25) is 0 Å². The maximum atomic E-state index is 6.18. The first-order chi connectivity index (χ1) is 11.7. The van der Waals surface area contributed by atoms with Crippen molar-refractivity contribution in [2.75, 3.05) is 12.4 Å². The summed E-state index contributed by atoms with van der Waals surface area (Å²) in [6.07, 6.45) is 2.43. The zero-order valence-corrected chi connectivity index (χ0v) is 13.9. The van der Waals surface area contributed by atoms with Crippen LogP contribution >= 0.6 is 11.6 Å². The lowest BCUT2D eigenvalue weighted by Crippen LogP contribution is -2.28. The van der Waals surface area contributed by atoms with Crippen LogP contribution in [0.1, 0.15) is 29.6 Å². The van der Waals surface area contributed by atoms with Gasteiger partial charge in [0, 0.05) is 5.02 Å². The molecule has 122 valence electrons. The van der Waals surface area contributed by atoms with Gasteiger partial charge in [0.25, 0.3) is 0 Å². The fraction of sp³-hybridized carbons (Fsp3) is 0.222. The molecule has 1 aliphatic heterocycles. The Bertz CT molecular complexity index is 863. The summed E-state index contributed by atoms with van der Waals surface area (Å²) in [5.74, 6) is 1.61. The van der Waals surface area contributed by atoms with Gasteiger partial charge in [-0.1, -0.05) is 35.9 Å². The van der Waals surface area contributed by atoms with Crippen molar-refractivity contribution in [3.63, 3.8) is 0 Å². The second kappa shape index (κ2) is 6.17. The molecule has 3 aromatic rings. The molecule has 6 heteroatoms. The molecule has 0 radical (unpaired) electrons. The molecule has 1 N–H and O–H groups in total. The average Bonchev–Trinajstić information content (AvgIpc) is 3.09. The van der Waals surface area contributed by atoms with Crippen molar-refractivity contribution < 1.29 is 4.74 Å². The van der Waals surface area contributed by atoms with Crippen molar-refractivity contribution in [1.82, 2.24) is 14.8 Å². The molecular formula is C18H17ClN4O. The number of hydrogen-bond acceptors (Lipinski definition) is 4. The van der Waals surface area contributed by atoms with E-state index in [2.05, 4.69) is 33.6 Å². The number of benzene rings is 2. The molecule has 1 aliphatic rings. The van der Waals surface area contributed by atoms with E-state index in [4.69, 9.17) is 16.3 Å². The Balaban J connectivity index is 1.73. The lowest BCUT2D eigenvalue weighted by atomic mass is 9.93. The SMILES string of the molecule is COc1cccc([C@H]2C[C@@H](c3cccc(Cl)c3)n3ncnc3N2)c1. The Hall–Kier alpha value is -2.53. The maximum absolute atomic E-state index is 6.18. The van der Waals surface area contributed by atoms with Gasteiger partial charge in [0.05, 0.1) is 19.2 Å². The van der Waals surface area contributed by atoms with E-state index >= 15 is 0 Å². The van der Waals surface area contributed by atoms with Crippen molar-refractivity contribution >= 4 is 17.5 Å². The molecule has 0 fully saturated rings. The number of rotatable bonds is 3. The van der Waals surface area contributed by atoms with Crippen molar-refractivity contribution in [3.05, 3.63) is 71.0 Å². The van der Waals surface area contributed by atoms with E-state index in [9.17, 15) is 0 Å². The topological polar surface area (TPSA) is 52.0 Å². The Morgan fingerprint density at radius 3 is 2.83 bits per heavy atom. The number of aromatic nitrogens is 3. The quantitative estimate of drug-likeness (QED) is 0.780. The van der Waals surface area contributed by atoms with Gasteiger partial charge < -0.3 is 10.1 Å². The van der Waals surface area contributed by atoms with Crippen LogP contribution < -0.4 is 10.1 Å². The van der Waals surface area contributed by atoms with Gasteiger partial charge in [-0.05, 0) is 41.8 Å². The summed E-state index contributed by atoms with van der Waals surface area (Å²) in [7, 11) is 1.68. The maximum Gasteiger partial charge on any atom is 0.222 e. The predicted octanol–water partition coefficient (Wildman–Crippen LogP) is 4.09. The molecule has 0 aliphatic carbocycles.